The van der Waals surface area contributed by atoms with Crippen LogP contribution < -0.4 is 0 Å². The van der Waals surface area contributed by atoms with Crippen molar-refractivity contribution in [3.05, 3.63) is 0 Å². The van der Waals surface area contributed by atoms with Gasteiger partial charge < -0.3 is 10.2 Å². The minimum Gasteiger partial charge on any atom is -0.393 e. The number of aliphatic hydroxyl groups excluding tert-OH is 1. The first-order valence-corrected chi connectivity index (χ1v) is 6.49. The first-order valence-electron chi connectivity index (χ1n) is 6.49. The summed E-state index contributed by atoms with van der Waals surface area (Å²) in [5, 5.41) is 20.3. The summed E-state index contributed by atoms with van der Waals surface area (Å²) in [6.07, 6.45) is 8.07. The van der Waals surface area contributed by atoms with E-state index in [4.69, 9.17) is 0 Å². The fraction of sp³-hybridized carbons (Fsp3) is 1.00. The number of aliphatic hydroxyl groups is 2. The van der Waals surface area contributed by atoms with Gasteiger partial charge >= 0.3 is 0 Å². The lowest BCUT2D eigenvalue weighted by Gasteiger charge is -2.36. The zero-order valence-corrected chi connectivity index (χ0v) is 9.78. The molecule has 3 unspecified atom stereocenters. The molecule has 3 atom stereocenters. The van der Waals surface area contributed by atoms with Crippen molar-refractivity contribution in [3.63, 3.8) is 0 Å². The molecule has 2 heteroatoms. The van der Waals surface area contributed by atoms with Crippen molar-refractivity contribution >= 4 is 0 Å². The van der Waals surface area contributed by atoms with E-state index in [0.29, 0.717) is 5.92 Å². The van der Waals surface area contributed by atoms with Crippen LogP contribution in [0.25, 0.3) is 0 Å². The zero-order valence-electron chi connectivity index (χ0n) is 9.78. The second-order valence-electron chi connectivity index (χ2n) is 5.88. The van der Waals surface area contributed by atoms with Crippen LogP contribution >= 0.6 is 0 Å². The average molecular weight is 212 g/mol. The van der Waals surface area contributed by atoms with E-state index in [1.54, 1.807) is 0 Å². The van der Waals surface area contributed by atoms with Gasteiger partial charge in [-0.05, 0) is 50.4 Å². The van der Waals surface area contributed by atoms with E-state index in [0.717, 1.165) is 57.3 Å². The lowest BCUT2D eigenvalue weighted by molar-refractivity contribution is -0.0282. The summed E-state index contributed by atoms with van der Waals surface area (Å²) in [5.74, 6) is 1.07. The lowest BCUT2D eigenvalue weighted by Crippen LogP contribution is -2.36. The summed E-state index contributed by atoms with van der Waals surface area (Å²) in [6, 6.07) is 0. The van der Waals surface area contributed by atoms with Gasteiger partial charge in [0.1, 0.15) is 0 Å². The first-order chi connectivity index (χ1) is 7.09. The van der Waals surface area contributed by atoms with Gasteiger partial charge in [-0.15, -0.1) is 0 Å². The number of rotatable bonds is 2. The van der Waals surface area contributed by atoms with E-state index < -0.39 is 5.60 Å². The Morgan fingerprint density at radius 2 is 1.87 bits per heavy atom. The Kier molecular flexibility index (Phi) is 3.36. The molecule has 15 heavy (non-hydrogen) atoms. The summed E-state index contributed by atoms with van der Waals surface area (Å²) in [7, 11) is 0. The van der Waals surface area contributed by atoms with Crippen LogP contribution in [0.4, 0.5) is 0 Å². The van der Waals surface area contributed by atoms with Crippen LogP contribution in [0.2, 0.25) is 0 Å². The molecule has 2 nitrogen and oxygen atoms in total. The molecule has 0 aromatic rings. The number of hydrogen-bond acceptors (Lipinski definition) is 2. The molecule has 0 amide bonds. The van der Waals surface area contributed by atoms with Gasteiger partial charge in [0.05, 0.1) is 11.7 Å². The van der Waals surface area contributed by atoms with Gasteiger partial charge in [0.25, 0.3) is 0 Å². The van der Waals surface area contributed by atoms with Gasteiger partial charge in [0, 0.05) is 0 Å². The molecule has 2 saturated carbocycles. The highest BCUT2D eigenvalue weighted by atomic mass is 16.3. The highest BCUT2D eigenvalue weighted by Crippen LogP contribution is 2.40. The molecule has 0 radical (unpaired) electrons. The molecule has 0 aliphatic heterocycles. The van der Waals surface area contributed by atoms with Crippen molar-refractivity contribution in [2.24, 2.45) is 11.8 Å². The monoisotopic (exact) mass is 212 g/mol. The van der Waals surface area contributed by atoms with Gasteiger partial charge in [-0.2, -0.15) is 0 Å². The molecule has 2 aliphatic rings. The summed E-state index contributed by atoms with van der Waals surface area (Å²) in [5.41, 5.74) is -0.442. The van der Waals surface area contributed by atoms with Crippen molar-refractivity contribution in [2.45, 2.75) is 70.0 Å². The van der Waals surface area contributed by atoms with Crippen LogP contribution in [0.5, 0.6) is 0 Å². The topological polar surface area (TPSA) is 40.5 Å². The van der Waals surface area contributed by atoms with Crippen LogP contribution in [0.3, 0.4) is 0 Å². The van der Waals surface area contributed by atoms with Crippen LogP contribution in [0, 0.1) is 11.8 Å². The first kappa shape index (κ1) is 11.4. The third kappa shape index (κ3) is 2.73. The molecule has 0 spiro atoms. The largest absolute Gasteiger partial charge is 0.393 e. The van der Waals surface area contributed by atoms with E-state index >= 15 is 0 Å². The van der Waals surface area contributed by atoms with Gasteiger partial charge in [0.2, 0.25) is 0 Å². The average Bonchev–Trinajstić information content (AvgIpc) is 2.59. The third-order valence-corrected chi connectivity index (χ3v) is 4.38. The Morgan fingerprint density at radius 1 is 1.20 bits per heavy atom. The minimum atomic E-state index is -0.442. The van der Waals surface area contributed by atoms with Crippen LogP contribution in [0.15, 0.2) is 0 Å². The molecule has 0 aromatic carbocycles. The van der Waals surface area contributed by atoms with E-state index in [2.05, 4.69) is 6.92 Å². The minimum absolute atomic E-state index is 0.161. The summed E-state index contributed by atoms with van der Waals surface area (Å²) < 4.78 is 0. The summed E-state index contributed by atoms with van der Waals surface area (Å²) in [6.45, 7) is 2.26. The zero-order chi connectivity index (χ0) is 10.9. The molecule has 0 heterocycles. The standard InChI is InChI=1S/C13H24O2/c1-10-4-5-12(14)11(8-10)9-13(15)6-2-3-7-13/h10-12,14-15H,2-9H2,1H3. The van der Waals surface area contributed by atoms with Gasteiger partial charge in [0.15, 0.2) is 0 Å². The number of hydrogen-bond donors (Lipinski definition) is 2. The molecule has 0 bridgehead atoms. The Hall–Kier alpha value is -0.0800. The van der Waals surface area contributed by atoms with Crippen molar-refractivity contribution in [3.8, 4) is 0 Å². The van der Waals surface area contributed by atoms with E-state index in [1.807, 2.05) is 0 Å². The van der Waals surface area contributed by atoms with Crippen LogP contribution in [-0.4, -0.2) is 21.9 Å². The van der Waals surface area contributed by atoms with Crippen molar-refractivity contribution < 1.29 is 10.2 Å². The highest BCUT2D eigenvalue weighted by Gasteiger charge is 2.37. The Morgan fingerprint density at radius 3 is 2.53 bits per heavy atom. The van der Waals surface area contributed by atoms with Crippen molar-refractivity contribution in [1.29, 1.82) is 0 Å². The molecule has 2 fully saturated rings. The summed E-state index contributed by atoms with van der Waals surface area (Å²) in [4.78, 5) is 0. The molecule has 88 valence electrons. The second-order valence-corrected chi connectivity index (χ2v) is 5.88. The van der Waals surface area contributed by atoms with Crippen LogP contribution in [0.1, 0.15) is 58.3 Å². The molecule has 2 rings (SSSR count). The lowest BCUT2D eigenvalue weighted by atomic mass is 9.74. The van der Waals surface area contributed by atoms with Crippen LogP contribution in [-0.2, 0) is 0 Å². The molecule has 0 saturated heterocycles. The maximum atomic E-state index is 10.3. The molecular weight excluding hydrogens is 188 g/mol. The predicted octanol–water partition coefficient (Wildman–Crippen LogP) is 2.48. The maximum absolute atomic E-state index is 10.3. The molecule has 2 aliphatic carbocycles. The van der Waals surface area contributed by atoms with E-state index in [9.17, 15) is 10.2 Å². The third-order valence-electron chi connectivity index (χ3n) is 4.38. The quantitative estimate of drug-likeness (QED) is 0.738. The van der Waals surface area contributed by atoms with E-state index in [-0.39, 0.29) is 6.10 Å². The Balaban J connectivity index is 1.91. The predicted molar refractivity (Wildman–Crippen MR) is 60.5 cm³/mol. The molecule has 0 aromatic heterocycles. The van der Waals surface area contributed by atoms with E-state index in [1.165, 1.54) is 0 Å². The van der Waals surface area contributed by atoms with Gasteiger partial charge in [-0.25, -0.2) is 0 Å². The smallest absolute Gasteiger partial charge is 0.0651 e. The normalized spacial score (nSPS) is 40.6. The summed E-state index contributed by atoms with van der Waals surface area (Å²) >= 11 is 0. The van der Waals surface area contributed by atoms with Gasteiger partial charge in [-0.3, -0.25) is 0 Å². The SMILES string of the molecule is CC1CCC(O)C(CC2(O)CCCC2)C1. The van der Waals surface area contributed by atoms with Crippen molar-refractivity contribution in [2.75, 3.05) is 0 Å². The molecule has 2 N–H and O–H groups in total. The van der Waals surface area contributed by atoms with Gasteiger partial charge in [-0.1, -0.05) is 19.8 Å². The molecular formula is C13H24O2. The second kappa shape index (κ2) is 4.42. The Labute approximate surface area is 92.7 Å². The van der Waals surface area contributed by atoms with Crippen molar-refractivity contribution in [1.82, 2.24) is 0 Å². The fourth-order valence-electron chi connectivity index (χ4n) is 3.43. The highest BCUT2D eigenvalue weighted by molar-refractivity contribution is 4.90. The maximum Gasteiger partial charge on any atom is 0.0651 e. The Bertz CT molecular complexity index is 209. The fourth-order valence-corrected chi connectivity index (χ4v) is 3.43.